The van der Waals surface area contributed by atoms with Crippen LogP contribution in [0.3, 0.4) is 0 Å². The minimum Gasteiger partial charge on any atom is -0.497 e. The van der Waals surface area contributed by atoms with Gasteiger partial charge < -0.3 is 24.8 Å². The zero-order valence-electron chi connectivity index (χ0n) is 19.9. The van der Waals surface area contributed by atoms with E-state index in [1.165, 1.54) is 23.9 Å². The molecule has 1 atom stereocenters. The van der Waals surface area contributed by atoms with Gasteiger partial charge in [-0.1, -0.05) is 30.0 Å². The Morgan fingerprint density at radius 3 is 2.83 bits per heavy atom. The summed E-state index contributed by atoms with van der Waals surface area (Å²) in [6.07, 6.45) is 0.527. The number of halogens is 1. The molecule has 2 N–H and O–H groups in total. The van der Waals surface area contributed by atoms with Gasteiger partial charge in [0.2, 0.25) is 11.1 Å². The molecule has 1 amide bonds. The summed E-state index contributed by atoms with van der Waals surface area (Å²) >= 11 is 1.49. The van der Waals surface area contributed by atoms with Crippen molar-refractivity contribution < 1.29 is 23.4 Å². The van der Waals surface area contributed by atoms with Gasteiger partial charge in [0.15, 0.2) is 6.29 Å². The van der Waals surface area contributed by atoms with Gasteiger partial charge in [-0.15, -0.1) is 5.10 Å². The van der Waals surface area contributed by atoms with Crippen molar-refractivity contribution in [3.63, 3.8) is 0 Å². The number of anilines is 2. The highest BCUT2D eigenvalue weighted by Crippen LogP contribution is 2.37. The monoisotopic (exact) mass is 511 g/mol. The summed E-state index contributed by atoms with van der Waals surface area (Å²) in [6, 6.07) is 12.7. The SMILES string of the molecule is COc1cccc(C2C(C(=O)Nc3cccc(F)c3)=C(C)Nc3nc(SCCC4OCCO4)nn32)c1. The second kappa shape index (κ2) is 10.7. The first kappa shape index (κ1) is 24.3. The molecule has 0 aliphatic carbocycles. The molecule has 0 radical (unpaired) electrons. The molecule has 0 saturated carbocycles. The van der Waals surface area contributed by atoms with Crippen molar-refractivity contribution in [2.24, 2.45) is 0 Å². The number of fused-ring (bicyclic) bond motifs is 1. The average molecular weight is 512 g/mol. The first-order valence-corrected chi connectivity index (χ1v) is 12.5. The number of methoxy groups -OCH3 is 1. The molecule has 1 unspecified atom stereocenters. The molecular formula is C25H26FN5O4S. The largest absolute Gasteiger partial charge is 0.497 e. The van der Waals surface area contributed by atoms with Gasteiger partial charge >= 0.3 is 0 Å². The lowest BCUT2D eigenvalue weighted by molar-refractivity contribution is -0.113. The molecule has 3 aromatic rings. The predicted octanol–water partition coefficient (Wildman–Crippen LogP) is 4.21. The first-order valence-electron chi connectivity index (χ1n) is 11.5. The number of rotatable bonds is 8. The van der Waals surface area contributed by atoms with E-state index in [1.807, 2.05) is 31.2 Å². The number of benzene rings is 2. The third-order valence-electron chi connectivity index (χ3n) is 5.85. The maximum Gasteiger partial charge on any atom is 0.255 e. The number of allylic oxidation sites excluding steroid dienone is 1. The smallest absolute Gasteiger partial charge is 0.255 e. The third kappa shape index (κ3) is 5.23. The number of aromatic nitrogens is 3. The number of nitrogens with zero attached hydrogens (tertiary/aromatic N) is 3. The van der Waals surface area contributed by atoms with Crippen LogP contribution in [0.25, 0.3) is 0 Å². The zero-order chi connectivity index (χ0) is 25.1. The molecule has 11 heteroatoms. The van der Waals surface area contributed by atoms with Crippen LogP contribution < -0.4 is 15.4 Å². The number of hydrogen-bond acceptors (Lipinski definition) is 8. The summed E-state index contributed by atoms with van der Waals surface area (Å²) in [7, 11) is 1.59. The number of ether oxygens (including phenoxy) is 3. The Kier molecular flexibility index (Phi) is 7.21. The number of carbonyl (C=O) groups is 1. The van der Waals surface area contributed by atoms with E-state index >= 15 is 0 Å². The van der Waals surface area contributed by atoms with Crippen molar-refractivity contribution in [3.8, 4) is 5.75 Å². The Morgan fingerprint density at radius 2 is 2.06 bits per heavy atom. The van der Waals surface area contributed by atoms with Crippen molar-refractivity contribution in [3.05, 3.63) is 71.2 Å². The second-order valence-corrected chi connectivity index (χ2v) is 9.34. The van der Waals surface area contributed by atoms with Crippen LogP contribution in [0.5, 0.6) is 5.75 Å². The highest BCUT2D eigenvalue weighted by Gasteiger charge is 2.34. The molecule has 2 aliphatic heterocycles. The van der Waals surface area contributed by atoms with E-state index in [-0.39, 0.29) is 12.2 Å². The normalized spacial score (nSPS) is 17.6. The van der Waals surface area contributed by atoms with Gasteiger partial charge in [0, 0.05) is 23.6 Å². The topological polar surface area (TPSA) is 99.5 Å². The van der Waals surface area contributed by atoms with Crippen LogP contribution >= 0.6 is 11.8 Å². The molecule has 3 heterocycles. The Morgan fingerprint density at radius 1 is 1.25 bits per heavy atom. The highest BCUT2D eigenvalue weighted by atomic mass is 32.2. The van der Waals surface area contributed by atoms with Crippen LogP contribution in [0.4, 0.5) is 16.0 Å². The van der Waals surface area contributed by atoms with Crippen molar-refractivity contribution in [1.82, 2.24) is 14.8 Å². The predicted molar refractivity (Wildman–Crippen MR) is 134 cm³/mol. The van der Waals surface area contributed by atoms with E-state index < -0.39 is 11.9 Å². The van der Waals surface area contributed by atoms with E-state index in [1.54, 1.807) is 23.9 Å². The van der Waals surface area contributed by atoms with E-state index in [9.17, 15) is 9.18 Å². The highest BCUT2D eigenvalue weighted by molar-refractivity contribution is 7.99. The molecule has 5 rings (SSSR count). The molecule has 36 heavy (non-hydrogen) atoms. The number of amides is 1. The minimum absolute atomic E-state index is 0.195. The summed E-state index contributed by atoms with van der Waals surface area (Å²) in [5.74, 6) is 1.10. The zero-order valence-corrected chi connectivity index (χ0v) is 20.7. The summed E-state index contributed by atoms with van der Waals surface area (Å²) in [4.78, 5) is 18.2. The lowest BCUT2D eigenvalue weighted by Gasteiger charge is -2.28. The van der Waals surface area contributed by atoms with Crippen LogP contribution in [0.2, 0.25) is 0 Å². The van der Waals surface area contributed by atoms with Crippen LogP contribution in [0.1, 0.15) is 24.9 Å². The van der Waals surface area contributed by atoms with Crippen molar-refractivity contribution in [2.75, 3.05) is 36.7 Å². The standard InChI is InChI=1S/C25H26FN5O4S/c1-15-21(23(32)28-18-7-4-6-17(26)14-18)22(16-5-3-8-19(13-16)33-2)31-24(27-15)29-25(30-31)36-12-9-20-34-10-11-35-20/h3-8,13-14,20,22H,9-12H2,1-2H3,(H,28,32)(H,27,29,30). The van der Waals surface area contributed by atoms with E-state index in [2.05, 4.69) is 15.6 Å². The van der Waals surface area contributed by atoms with Gasteiger partial charge in [-0.25, -0.2) is 9.07 Å². The number of nitrogens with one attached hydrogen (secondary N) is 2. The summed E-state index contributed by atoms with van der Waals surface area (Å²) in [5, 5.41) is 11.3. The lowest BCUT2D eigenvalue weighted by atomic mass is 9.95. The Hall–Kier alpha value is -3.41. The summed E-state index contributed by atoms with van der Waals surface area (Å²) < 4.78 is 31.9. The van der Waals surface area contributed by atoms with Crippen LogP contribution in [-0.4, -0.2) is 53.0 Å². The molecule has 1 aromatic heterocycles. The maximum atomic E-state index is 13.7. The molecule has 188 valence electrons. The average Bonchev–Trinajstić information content (AvgIpc) is 3.53. The summed E-state index contributed by atoms with van der Waals surface area (Å²) in [6.45, 7) is 3.04. The Bertz CT molecular complexity index is 1290. The van der Waals surface area contributed by atoms with Crippen molar-refractivity contribution >= 4 is 29.3 Å². The molecule has 9 nitrogen and oxygen atoms in total. The van der Waals surface area contributed by atoms with Crippen molar-refractivity contribution in [2.45, 2.75) is 30.8 Å². The molecule has 0 bridgehead atoms. The lowest BCUT2D eigenvalue weighted by Crippen LogP contribution is -2.31. The van der Waals surface area contributed by atoms with Gasteiger partial charge in [-0.3, -0.25) is 4.79 Å². The maximum absolute atomic E-state index is 13.7. The summed E-state index contributed by atoms with van der Waals surface area (Å²) in [5.41, 5.74) is 2.23. The number of carbonyl (C=O) groups excluding carboxylic acids is 1. The van der Waals surface area contributed by atoms with Crippen molar-refractivity contribution in [1.29, 1.82) is 0 Å². The number of hydrogen-bond donors (Lipinski definition) is 2. The molecule has 1 saturated heterocycles. The second-order valence-electron chi connectivity index (χ2n) is 8.28. The Balaban J connectivity index is 1.45. The van der Waals surface area contributed by atoms with Gasteiger partial charge in [0.25, 0.3) is 5.91 Å². The quantitative estimate of drug-likeness (QED) is 0.434. The first-order chi connectivity index (χ1) is 17.5. The molecule has 0 spiro atoms. The fraction of sp³-hybridized carbons (Fsp3) is 0.320. The van der Waals surface area contributed by atoms with Gasteiger partial charge in [-0.05, 0) is 42.8 Å². The van der Waals surface area contributed by atoms with Gasteiger partial charge in [-0.2, -0.15) is 4.98 Å². The molecular weight excluding hydrogens is 485 g/mol. The number of thioether (sulfide) groups is 1. The van der Waals surface area contributed by atoms with Crippen LogP contribution in [0, 0.1) is 5.82 Å². The third-order valence-corrected chi connectivity index (χ3v) is 6.72. The minimum atomic E-state index is -0.576. The van der Waals surface area contributed by atoms with Crippen LogP contribution in [0.15, 0.2) is 65.0 Å². The molecule has 2 aliphatic rings. The molecule has 2 aromatic carbocycles. The fourth-order valence-corrected chi connectivity index (χ4v) is 4.98. The van der Waals surface area contributed by atoms with E-state index in [0.29, 0.717) is 47.0 Å². The fourth-order valence-electron chi connectivity index (χ4n) is 4.19. The van der Waals surface area contributed by atoms with Crippen LogP contribution in [-0.2, 0) is 14.3 Å². The van der Waals surface area contributed by atoms with E-state index in [4.69, 9.17) is 19.3 Å². The van der Waals surface area contributed by atoms with Gasteiger partial charge in [0.05, 0.1) is 25.9 Å². The van der Waals surface area contributed by atoms with E-state index in [0.717, 1.165) is 17.7 Å². The van der Waals surface area contributed by atoms with Gasteiger partial charge in [0.1, 0.15) is 17.6 Å². The molecule has 1 fully saturated rings. The Labute approximate surface area is 212 Å².